The third-order valence-corrected chi connectivity index (χ3v) is 5.64. The standard InChI is InChI=1S/C25H25ClN4O/c1-4-18-7-11-21(12-8-18)30-24-23(17(3)29-30)22(15-16(2)28-24)25(31)27-14-13-19-5-9-20(26)10-6-19/h5-12,15H,4,13-14H2,1-3H3,(H,27,31). The normalized spacial score (nSPS) is 11.1. The summed E-state index contributed by atoms with van der Waals surface area (Å²) in [6.07, 6.45) is 1.72. The molecule has 0 bridgehead atoms. The molecular weight excluding hydrogens is 408 g/mol. The number of benzene rings is 2. The highest BCUT2D eigenvalue weighted by atomic mass is 35.5. The van der Waals surface area contributed by atoms with Gasteiger partial charge in [-0.3, -0.25) is 4.79 Å². The highest BCUT2D eigenvalue weighted by molar-refractivity contribution is 6.30. The molecule has 0 aliphatic heterocycles. The van der Waals surface area contributed by atoms with Gasteiger partial charge in [-0.15, -0.1) is 0 Å². The Bertz CT molecular complexity index is 1230. The molecule has 0 spiro atoms. The van der Waals surface area contributed by atoms with Gasteiger partial charge in [-0.05, 0) is 68.1 Å². The van der Waals surface area contributed by atoms with Crippen LogP contribution in [0.2, 0.25) is 5.02 Å². The average Bonchev–Trinajstić information content (AvgIpc) is 3.10. The number of nitrogens with one attached hydrogen (secondary N) is 1. The van der Waals surface area contributed by atoms with Crippen LogP contribution in [0.4, 0.5) is 0 Å². The number of hydrogen-bond donors (Lipinski definition) is 1. The van der Waals surface area contributed by atoms with E-state index in [1.165, 1.54) is 5.56 Å². The molecule has 0 atom stereocenters. The van der Waals surface area contributed by atoms with Crippen LogP contribution in [0.25, 0.3) is 16.7 Å². The fourth-order valence-corrected chi connectivity index (χ4v) is 3.84. The number of aromatic nitrogens is 3. The van der Waals surface area contributed by atoms with Crippen LogP contribution in [0.1, 0.15) is 39.8 Å². The van der Waals surface area contributed by atoms with Gasteiger partial charge in [0.25, 0.3) is 5.91 Å². The van der Waals surface area contributed by atoms with Gasteiger partial charge in [0, 0.05) is 17.3 Å². The van der Waals surface area contributed by atoms with Gasteiger partial charge in [0.05, 0.1) is 22.3 Å². The van der Waals surface area contributed by atoms with Gasteiger partial charge < -0.3 is 5.32 Å². The van der Waals surface area contributed by atoms with E-state index in [1.54, 1.807) is 0 Å². The van der Waals surface area contributed by atoms with Crippen molar-refractivity contribution in [3.63, 3.8) is 0 Å². The molecule has 0 unspecified atom stereocenters. The molecule has 5 nitrogen and oxygen atoms in total. The topological polar surface area (TPSA) is 59.8 Å². The van der Waals surface area contributed by atoms with E-state index in [0.29, 0.717) is 22.8 Å². The maximum Gasteiger partial charge on any atom is 0.252 e. The second kappa shape index (κ2) is 8.90. The summed E-state index contributed by atoms with van der Waals surface area (Å²) in [6, 6.07) is 17.8. The Morgan fingerprint density at radius 2 is 1.71 bits per heavy atom. The first kappa shape index (κ1) is 21.1. The van der Waals surface area contributed by atoms with Crippen LogP contribution in [-0.4, -0.2) is 27.2 Å². The van der Waals surface area contributed by atoms with E-state index in [2.05, 4.69) is 24.4 Å². The lowest BCUT2D eigenvalue weighted by Gasteiger charge is -2.09. The first-order chi connectivity index (χ1) is 15.0. The molecule has 6 heteroatoms. The van der Waals surface area contributed by atoms with Crippen molar-refractivity contribution in [2.24, 2.45) is 0 Å². The number of nitrogens with zero attached hydrogens (tertiary/aromatic N) is 3. The summed E-state index contributed by atoms with van der Waals surface area (Å²) in [5.41, 5.74) is 6.19. The molecule has 4 aromatic rings. The van der Waals surface area contributed by atoms with Gasteiger partial charge in [-0.2, -0.15) is 5.10 Å². The van der Waals surface area contributed by atoms with Crippen LogP contribution in [-0.2, 0) is 12.8 Å². The molecule has 2 aromatic heterocycles. The van der Waals surface area contributed by atoms with Crippen molar-refractivity contribution in [3.8, 4) is 5.69 Å². The van der Waals surface area contributed by atoms with E-state index in [-0.39, 0.29) is 5.91 Å². The lowest BCUT2D eigenvalue weighted by molar-refractivity contribution is 0.0955. The molecule has 158 valence electrons. The summed E-state index contributed by atoms with van der Waals surface area (Å²) in [5, 5.41) is 9.23. The lowest BCUT2D eigenvalue weighted by atomic mass is 10.1. The predicted molar refractivity (Wildman–Crippen MR) is 125 cm³/mol. The average molecular weight is 433 g/mol. The number of rotatable bonds is 6. The summed E-state index contributed by atoms with van der Waals surface area (Å²) in [6.45, 7) is 6.48. The quantitative estimate of drug-likeness (QED) is 0.454. The van der Waals surface area contributed by atoms with Crippen molar-refractivity contribution < 1.29 is 4.79 Å². The van der Waals surface area contributed by atoms with Crippen LogP contribution in [0.3, 0.4) is 0 Å². The zero-order valence-corrected chi connectivity index (χ0v) is 18.7. The van der Waals surface area contributed by atoms with Crippen molar-refractivity contribution in [2.75, 3.05) is 6.54 Å². The van der Waals surface area contributed by atoms with E-state index >= 15 is 0 Å². The van der Waals surface area contributed by atoms with E-state index in [1.807, 2.05) is 61.0 Å². The molecule has 0 saturated heterocycles. The number of pyridine rings is 1. The first-order valence-electron chi connectivity index (χ1n) is 10.4. The summed E-state index contributed by atoms with van der Waals surface area (Å²) >= 11 is 5.94. The molecule has 31 heavy (non-hydrogen) atoms. The molecule has 0 radical (unpaired) electrons. The highest BCUT2D eigenvalue weighted by Crippen LogP contribution is 2.25. The summed E-state index contributed by atoms with van der Waals surface area (Å²) in [7, 11) is 0. The summed E-state index contributed by atoms with van der Waals surface area (Å²) in [5.74, 6) is -0.117. The van der Waals surface area contributed by atoms with Crippen molar-refractivity contribution in [1.82, 2.24) is 20.1 Å². The fourth-order valence-electron chi connectivity index (χ4n) is 3.71. The van der Waals surface area contributed by atoms with Crippen molar-refractivity contribution >= 4 is 28.5 Å². The minimum Gasteiger partial charge on any atom is -0.352 e. The van der Waals surface area contributed by atoms with Crippen LogP contribution in [0.5, 0.6) is 0 Å². The summed E-state index contributed by atoms with van der Waals surface area (Å²) < 4.78 is 1.82. The third kappa shape index (κ3) is 4.47. The number of halogens is 1. The monoisotopic (exact) mass is 432 g/mol. The van der Waals surface area contributed by atoms with E-state index < -0.39 is 0 Å². The highest BCUT2D eigenvalue weighted by Gasteiger charge is 2.19. The number of aryl methyl sites for hydroxylation is 3. The minimum atomic E-state index is -0.117. The maximum absolute atomic E-state index is 13.0. The SMILES string of the molecule is CCc1ccc(-n2nc(C)c3c(C(=O)NCCc4ccc(Cl)cc4)cc(C)nc32)cc1. The Labute approximate surface area is 187 Å². The Morgan fingerprint density at radius 3 is 2.39 bits per heavy atom. The molecule has 0 saturated carbocycles. The molecule has 0 aliphatic rings. The van der Waals surface area contributed by atoms with Crippen LogP contribution < -0.4 is 5.32 Å². The second-order valence-corrected chi connectivity index (χ2v) is 8.10. The van der Waals surface area contributed by atoms with E-state index in [9.17, 15) is 4.79 Å². The largest absolute Gasteiger partial charge is 0.352 e. The molecular formula is C25H25ClN4O. The lowest BCUT2D eigenvalue weighted by Crippen LogP contribution is -2.26. The van der Waals surface area contributed by atoms with Gasteiger partial charge in [0.15, 0.2) is 5.65 Å². The van der Waals surface area contributed by atoms with Gasteiger partial charge in [-0.1, -0.05) is 42.8 Å². The zero-order chi connectivity index (χ0) is 22.0. The number of carbonyl (C=O) groups is 1. The smallest absolute Gasteiger partial charge is 0.252 e. The zero-order valence-electron chi connectivity index (χ0n) is 17.9. The minimum absolute atomic E-state index is 0.117. The van der Waals surface area contributed by atoms with E-state index in [0.717, 1.165) is 40.9 Å². The molecule has 0 fully saturated rings. The van der Waals surface area contributed by atoms with E-state index in [4.69, 9.17) is 21.7 Å². The van der Waals surface area contributed by atoms with Gasteiger partial charge in [0.1, 0.15) is 0 Å². The fraction of sp³-hybridized carbons (Fsp3) is 0.240. The van der Waals surface area contributed by atoms with Crippen molar-refractivity contribution in [1.29, 1.82) is 0 Å². The van der Waals surface area contributed by atoms with Crippen LogP contribution >= 0.6 is 11.6 Å². The van der Waals surface area contributed by atoms with Crippen LogP contribution in [0, 0.1) is 13.8 Å². The first-order valence-corrected chi connectivity index (χ1v) is 10.8. The van der Waals surface area contributed by atoms with Crippen molar-refractivity contribution in [2.45, 2.75) is 33.6 Å². The molecule has 2 aromatic carbocycles. The molecule has 1 N–H and O–H groups in total. The van der Waals surface area contributed by atoms with Gasteiger partial charge in [-0.25, -0.2) is 9.67 Å². The second-order valence-electron chi connectivity index (χ2n) is 7.66. The molecule has 1 amide bonds. The Kier molecular flexibility index (Phi) is 6.05. The van der Waals surface area contributed by atoms with Gasteiger partial charge >= 0.3 is 0 Å². The van der Waals surface area contributed by atoms with Gasteiger partial charge in [0.2, 0.25) is 0 Å². The summed E-state index contributed by atoms with van der Waals surface area (Å²) in [4.78, 5) is 17.7. The number of hydrogen-bond acceptors (Lipinski definition) is 3. The number of carbonyl (C=O) groups excluding carboxylic acids is 1. The van der Waals surface area contributed by atoms with Crippen molar-refractivity contribution in [3.05, 3.63) is 87.7 Å². The Hall–Kier alpha value is -3.18. The Balaban J connectivity index is 1.62. The Morgan fingerprint density at radius 1 is 1.03 bits per heavy atom. The molecule has 4 rings (SSSR count). The number of fused-ring (bicyclic) bond motifs is 1. The molecule has 0 aliphatic carbocycles. The maximum atomic E-state index is 13.0. The predicted octanol–water partition coefficient (Wildman–Crippen LogP) is 5.23. The number of amides is 1. The van der Waals surface area contributed by atoms with Crippen LogP contribution in [0.15, 0.2) is 54.6 Å². The molecule has 2 heterocycles. The third-order valence-electron chi connectivity index (χ3n) is 5.39.